The van der Waals surface area contributed by atoms with Crippen LogP contribution in [-0.4, -0.2) is 34.6 Å². The van der Waals surface area contributed by atoms with E-state index in [4.69, 9.17) is 0 Å². The van der Waals surface area contributed by atoms with E-state index in [0.29, 0.717) is 0 Å². The second kappa shape index (κ2) is 6.23. The highest BCUT2D eigenvalue weighted by Crippen LogP contribution is 2.30. The molecule has 2 aliphatic heterocycles. The summed E-state index contributed by atoms with van der Waals surface area (Å²) in [5.41, 5.74) is 2.77. The van der Waals surface area contributed by atoms with Gasteiger partial charge in [-0.1, -0.05) is 6.92 Å². The Bertz CT molecular complexity index is 434. The Morgan fingerprint density at radius 1 is 1.30 bits per heavy atom. The Morgan fingerprint density at radius 2 is 2.05 bits per heavy atom. The average Bonchev–Trinajstić information content (AvgIpc) is 2.79. The molecule has 3 heteroatoms. The third-order valence-electron chi connectivity index (χ3n) is 5.00. The Kier molecular flexibility index (Phi) is 4.37. The van der Waals surface area contributed by atoms with Gasteiger partial charge in [0.15, 0.2) is 0 Å². The molecule has 2 aliphatic rings. The van der Waals surface area contributed by atoms with Gasteiger partial charge in [0, 0.05) is 37.1 Å². The number of nitrogens with one attached hydrogen (secondary N) is 1. The Balaban J connectivity index is 1.70. The molecule has 2 bridgehead atoms. The Labute approximate surface area is 122 Å². The third-order valence-corrected chi connectivity index (χ3v) is 5.00. The third kappa shape index (κ3) is 3.04. The van der Waals surface area contributed by atoms with Crippen molar-refractivity contribution in [1.29, 1.82) is 0 Å². The molecule has 2 atom stereocenters. The van der Waals surface area contributed by atoms with Gasteiger partial charge in [-0.2, -0.15) is 0 Å². The second-order valence-corrected chi connectivity index (χ2v) is 6.54. The summed E-state index contributed by atoms with van der Waals surface area (Å²) < 4.78 is 0. The van der Waals surface area contributed by atoms with Crippen molar-refractivity contribution in [2.75, 3.05) is 6.54 Å². The molecule has 1 aromatic heterocycles. The van der Waals surface area contributed by atoms with Gasteiger partial charge in [0.1, 0.15) is 0 Å². The molecule has 0 spiro atoms. The van der Waals surface area contributed by atoms with Crippen LogP contribution in [0.1, 0.15) is 50.2 Å². The summed E-state index contributed by atoms with van der Waals surface area (Å²) in [5.74, 6) is 0. The van der Waals surface area contributed by atoms with Crippen molar-refractivity contribution >= 4 is 0 Å². The van der Waals surface area contributed by atoms with Gasteiger partial charge in [-0.25, -0.2) is 0 Å². The zero-order valence-corrected chi connectivity index (χ0v) is 12.8. The van der Waals surface area contributed by atoms with Crippen molar-refractivity contribution in [3.8, 4) is 0 Å². The van der Waals surface area contributed by atoms with Gasteiger partial charge in [-0.3, -0.25) is 9.88 Å². The number of hydrogen-bond acceptors (Lipinski definition) is 3. The van der Waals surface area contributed by atoms with Crippen molar-refractivity contribution < 1.29 is 0 Å². The first-order valence-electron chi connectivity index (χ1n) is 8.16. The SMILES string of the molecule is CCCN(Cc1cnccc1C)C1CC2CCC(C1)N2. The lowest BCUT2D eigenvalue weighted by molar-refractivity contribution is 0.133. The number of rotatable bonds is 5. The minimum Gasteiger partial charge on any atom is -0.311 e. The minimum atomic E-state index is 0.758. The van der Waals surface area contributed by atoms with E-state index in [1.807, 2.05) is 12.4 Å². The number of piperidine rings is 1. The quantitative estimate of drug-likeness (QED) is 0.894. The monoisotopic (exact) mass is 273 g/mol. The van der Waals surface area contributed by atoms with Crippen LogP contribution in [0.15, 0.2) is 18.5 Å². The van der Waals surface area contributed by atoms with Crippen LogP contribution in [0.2, 0.25) is 0 Å². The summed E-state index contributed by atoms with van der Waals surface area (Å²) in [4.78, 5) is 7.01. The molecule has 2 unspecified atom stereocenters. The van der Waals surface area contributed by atoms with Crippen LogP contribution in [0, 0.1) is 6.92 Å². The fraction of sp³-hybridized carbons (Fsp3) is 0.706. The molecule has 1 N–H and O–H groups in total. The minimum absolute atomic E-state index is 0.758. The Morgan fingerprint density at radius 3 is 2.70 bits per heavy atom. The zero-order chi connectivity index (χ0) is 13.9. The first-order chi connectivity index (χ1) is 9.76. The zero-order valence-electron chi connectivity index (χ0n) is 12.8. The first-order valence-corrected chi connectivity index (χ1v) is 8.16. The smallest absolute Gasteiger partial charge is 0.0315 e. The van der Waals surface area contributed by atoms with Gasteiger partial charge in [-0.15, -0.1) is 0 Å². The molecule has 110 valence electrons. The highest BCUT2D eigenvalue weighted by atomic mass is 15.2. The molecule has 3 rings (SSSR count). The molecule has 20 heavy (non-hydrogen) atoms. The lowest BCUT2D eigenvalue weighted by Crippen LogP contribution is -2.48. The molecule has 0 saturated carbocycles. The van der Waals surface area contributed by atoms with Gasteiger partial charge < -0.3 is 5.32 Å². The van der Waals surface area contributed by atoms with E-state index in [-0.39, 0.29) is 0 Å². The van der Waals surface area contributed by atoms with Crippen LogP contribution < -0.4 is 5.32 Å². The van der Waals surface area contributed by atoms with Crippen molar-refractivity contribution in [2.45, 2.75) is 70.6 Å². The fourth-order valence-electron chi connectivity index (χ4n) is 3.88. The maximum Gasteiger partial charge on any atom is 0.0315 e. The fourth-order valence-corrected chi connectivity index (χ4v) is 3.88. The maximum atomic E-state index is 4.31. The molecule has 0 aliphatic carbocycles. The normalized spacial score (nSPS) is 29.1. The number of aromatic nitrogens is 1. The van der Waals surface area contributed by atoms with Crippen LogP contribution in [0.25, 0.3) is 0 Å². The number of nitrogens with zero attached hydrogens (tertiary/aromatic N) is 2. The molecule has 0 radical (unpaired) electrons. The number of pyridine rings is 1. The molecular weight excluding hydrogens is 246 g/mol. The lowest BCUT2D eigenvalue weighted by Gasteiger charge is -2.38. The topological polar surface area (TPSA) is 28.2 Å². The predicted molar refractivity (Wildman–Crippen MR) is 82.6 cm³/mol. The molecule has 3 heterocycles. The van der Waals surface area contributed by atoms with E-state index in [1.165, 1.54) is 49.8 Å². The maximum absolute atomic E-state index is 4.31. The first kappa shape index (κ1) is 14.0. The van der Waals surface area contributed by atoms with Crippen LogP contribution >= 0.6 is 0 Å². The molecule has 3 nitrogen and oxygen atoms in total. The van der Waals surface area contributed by atoms with Gasteiger partial charge in [0.2, 0.25) is 0 Å². The van der Waals surface area contributed by atoms with Gasteiger partial charge in [-0.05, 0) is 62.8 Å². The van der Waals surface area contributed by atoms with Gasteiger partial charge >= 0.3 is 0 Å². The summed E-state index contributed by atoms with van der Waals surface area (Å²) in [6.07, 6.45) is 10.6. The van der Waals surface area contributed by atoms with Crippen molar-refractivity contribution in [2.24, 2.45) is 0 Å². The summed E-state index contributed by atoms with van der Waals surface area (Å²) in [7, 11) is 0. The highest BCUT2D eigenvalue weighted by molar-refractivity contribution is 5.21. The van der Waals surface area contributed by atoms with Gasteiger partial charge in [0.25, 0.3) is 0 Å². The molecule has 0 aromatic carbocycles. The van der Waals surface area contributed by atoms with Crippen LogP contribution in [0.5, 0.6) is 0 Å². The van der Waals surface area contributed by atoms with E-state index >= 15 is 0 Å². The molecule has 2 fully saturated rings. The Hall–Kier alpha value is -0.930. The molecule has 1 aromatic rings. The predicted octanol–water partition coefficient (Wildman–Crippen LogP) is 2.89. The van der Waals surface area contributed by atoms with E-state index in [2.05, 4.69) is 35.1 Å². The van der Waals surface area contributed by atoms with Gasteiger partial charge in [0.05, 0.1) is 0 Å². The molecule has 2 saturated heterocycles. The summed E-state index contributed by atoms with van der Waals surface area (Å²) >= 11 is 0. The standard InChI is InChI=1S/C17H27N3/c1-3-8-20(12-14-11-18-7-6-13(14)2)17-9-15-4-5-16(10-17)19-15/h6-7,11,15-17,19H,3-5,8-10,12H2,1-2H3. The van der Waals surface area contributed by atoms with Crippen molar-refractivity contribution in [3.63, 3.8) is 0 Å². The van der Waals surface area contributed by atoms with E-state index in [1.54, 1.807) is 0 Å². The van der Waals surface area contributed by atoms with Crippen molar-refractivity contribution in [1.82, 2.24) is 15.2 Å². The van der Waals surface area contributed by atoms with Crippen molar-refractivity contribution in [3.05, 3.63) is 29.6 Å². The lowest BCUT2D eigenvalue weighted by atomic mass is 9.97. The average molecular weight is 273 g/mol. The van der Waals surface area contributed by atoms with Crippen LogP contribution in [0.4, 0.5) is 0 Å². The highest BCUT2D eigenvalue weighted by Gasteiger charge is 2.35. The van der Waals surface area contributed by atoms with Crippen LogP contribution in [-0.2, 0) is 6.54 Å². The summed E-state index contributed by atoms with van der Waals surface area (Å²) in [6.45, 7) is 6.77. The van der Waals surface area contributed by atoms with E-state index < -0.39 is 0 Å². The second-order valence-electron chi connectivity index (χ2n) is 6.54. The van der Waals surface area contributed by atoms with Crippen LogP contribution in [0.3, 0.4) is 0 Å². The largest absolute Gasteiger partial charge is 0.311 e. The molecule has 0 amide bonds. The number of fused-ring (bicyclic) bond motifs is 2. The number of hydrogen-bond donors (Lipinski definition) is 1. The molecular formula is C17H27N3. The van der Waals surface area contributed by atoms with E-state index in [0.717, 1.165) is 24.7 Å². The summed E-state index contributed by atoms with van der Waals surface area (Å²) in [5, 5.41) is 3.75. The van der Waals surface area contributed by atoms with E-state index in [9.17, 15) is 0 Å². The summed E-state index contributed by atoms with van der Waals surface area (Å²) in [6, 6.07) is 4.43. The number of aryl methyl sites for hydroxylation is 1.